The van der Waals surface area contributed by atoms with Crippen molar-refractivity contribution in [1.29, 1.82) is 0 Å². The minimum absolute atomic E-state index is 0.348. The second kappa shape index (κ2) is 3.95. The lowest BCUT2D eigenvalue weighted by molar-refractivity contribution is -0.115. The topological polar surface area (TPSA) is 24.9 Å². The maximum atomic E-state index is 11.7. The molecule has 0 amide bonds. The van der Waals surface area contributed by atoms with Gasteiger partial charge in [-0.25, -0.2) is 4.98 Å². The van der Waals surface area contributed by atoms with Crippen molar-refractivity contribution < 1.29 is 13.2 Å². The highest BCUT2D eigenvalue weighted by atomic mass is 79.9. The molecule has 0 radical (unpaired) electrons. The molecule has 0 atom stereocenters. The van der Waals surface area contributed by atoms with Gasteiger partial charge in [0, 0.05) is 0 Å². The van der Waals surface area contributed by atoms with Crippen molar-refractivity contribution in [2.45, 2.75) is 6.18 Å². The summed E-state index contributed by atoms with van der Waals surface area (Å²) in [6, 6.07) is 3.08. The number of nitrogens with zero attached hydrogens (tertiary/aromatic N) is 1. The van der Waals surface area contributed by atoms with E-state index in [1.807, 2.05) is 0 Å². The molecule has 0 aromatic carbocycles. The lowest BCUT2D eigenvalue weighted by atomic mass is 10.4. The predicted octanol–water partition coefficient (Wildman–Crippen LogP) is 2.82. The molecule has 0 aliphatic heterocycles. The second-order valence-corrected chi connectivity index (χ2v) is 3.15. The molecule has 0 saturated carbocycles. The summed E-state index contributed by atoms with van der Waals surface area (Å²) in [4.78, 5) is 3.77. The highest BCUT2D eigenvalue weighted by molar-refractivity contribution is 9.10. The molecule has 1 rings (SSSR count). The molecule has 1 aromatic rings. The van der Waals surface area contributed by atoms with Crippen molar-refractivity contribution >= 4 is 21.6 Å². The van der Waals surface area contributed by atoms with E-state index in [1.54, 1.807) is 6.07 Å². The summed E-state index contributed by atoms with van der Waals surface area (Å²) in [5.41, 5.74) is 0.348. The quantitative estimate of drug-likeness (QED) is 0.822. The molecule has 1 aromatic heterocycles. The smallest absolute Gasteiger partial charge is 0.375 e. The Balaban J connectivity index is 2.51. The number of anilines is 1. The Kier molecular flexibility index (Phi) is 3.13. The Morgan fingerprint density at radius 2 is 2.08 bits per heavy atom. The van der Waals surface area contributed by atoms with E-state index in [4.69, 9.17) is 0 Å². The van der Waals surface area contributed by atoms with Gasteiger partial charge >= 0.3 is 6.18 Å². The minimum Gasteiger partial charge on any atom is -0.375 e. The molecule has 1 N–H and O–H groups in total. The zero-order chi connectivity index (χ0) is 9.90. The van der Waals surface area contributed by atoms with E-state index in [1.165, 1.54) is 12.3 Å². The van der Waals surface area contributed by atoms with E-state index in [0.717, 1.165) is 0 Å². The molecule has 0 fully saturated rings. The van der Waals surface area contributed by atoms with Crippen LogP contribution >= 0.6 is 15.9 Å². The van der Waals surface area contributed by atoms with Crippen LogP contribution in [-0.2, 0) is 0 Å². The molecule has 72 valence electrons. The molecular formula is C7H6BrF3N2. The lowest BCUT2D eigenvalue weighted by Gasteiger charge is -2.08. The molecule has 0 saturated heterocycles. The first-order valence-electron chi connectivity index (χ1n) is 3.39. The van der Waals surface area contributed by atoms with Gasteiger partial charge in [0.1, 0.15) is 11.1 Å². The molecule has 6 heteroatoms. The molecule has 13 heavy (non-hydrogen) atoms. The Labute approximate surface area is 81.3 Å². The first-order chi connectivity index (χ1) is 5.97. The molecule has 2 nitrogen and oxygen atoms in total. The van der Waals surface area contributed by atoms with Crippen molar-refractivity contribution in [2.75, 3.05) is 11.9 Å². The first-order valence-corrected chi connectivity index (χ1v) is 4.19. The number of pyridine rings is 1. The fraction of sp³-hybridized carbons (Fsp3) is 0.286. The lowest BCUT2D eigenvalue weighted by Crippen LogP contribution is -2.21. The van der Waals surface area contributed by atoms with Crippen LogP contribution in [0.5, 0.6) is 0 Å². The second-order valence-electron chi connectivity index (χ2n) is 2.34. The number of halogens is 4. The third-order valence-corrected chi connectivity index (χ3v) is 1.69. The summed E-state index contributed by atoms with van der Waals surface area (Å²) in [5.74, 6) is 0. The summed E-state index contributed by atoms with van der Waals surface area (Å²) >= 11 is 3.07. The normalized spacial score (nSPS) is 11.4. The highest BCUT2D eigenvalue weighted by Gasteiger charge is 2.26. The van der Waals surface area contributed by atoms with Crippen LogP contribution in [0.2, 0.25) is 0 Å². The molecule has 0 aliphatic carbocycles. The summed E-state index contributed by atoms with van der Waals surface area (Å²) in [6.07, 6.45) is -2.87. The zero-order valence-electron chi connectivity index (χ0n) is 6.40. The van der Waals surface area contributed by atoms with Crippen LogP contribution in [0.15, 0.2) is 22.9 Å². The average molecular weight is 255 g/mol. The molecule has 0 spiro atoms. The standard InChI is InChI=1S/C7H6BrF3N2/c8-6-2-1-5(3-12-6)13-4-7(9,10)11/h1-3,13H,4H2. The van der Waals surface area contributed by atoms with E-state index < -0.39 is 12.7 Å². The number of hydrogen-bond acceptors (Lipinski definition) is 2. The van der Waals surface area contributed by atoms with Gasteiger partial charge in [-0.05, 0) is 28.1 Å². The van der Waals surface area contributed by atoms with Gasteiger partial charge < -0.3 is 5.32 Å². The van der Waals surface area contributed by atoms with Gasteiger partial charge in [0.2, 0.25) is 0 Å². The van der Waals surface area contributed by atoms with Crippen LogP contribution in [0.1, 0.15) is 0 Å². The number of hydrogen-bond donors (Lipinski definition) is 1. The number of rotatable bonds is 2. The van der Waals surface area contributed by atoms with Crippen molar-refractivity contribution in [3.05, 3.63) is 22.9 Å². The van der Waals surface area contributed by atoms with Crippen molar-refractivity contribution in [1.82, 2.24) is 4.98 Å². The van der Waals surface area contributed by atoms with Gasteiger partial charge in [-0.1, -0.05) is 0 Å². The molecular weight excluding hydrogens is 249 g/mol. The van der Waals surface area contributed by atoms with Gasteiger partial charge in [-0.15, -0.1) is 0 Å². The van der Waals surface area contributed by atoms with Crippen molar-refractivity contribution in [3.8, 4) is 0 Å². The average Bonchev–Trinajstić information content (AvgIpc) is 2.02. The number of alkyl halides is 3. The van der Waals surface area contributed by atoms with Gasteiger partial charge in [-0.3, -0.25) is 0 Å². The van der Waals surface area contributed by atoms with Crippen LogP contribution < -0.4 is 5.32 Å². The molecule has 0 aliphatic rings. The molecule has 0 bridgehead atoms. The molecule has 0 unspecified atom stereocenters. The van der Waals surface area contributed by atoms with Crippen LogP contribution in [0.3, 0.4) is 0 Å². The third kappa shape index (κ3) is 4.12. The highest BCUT2D eigenvalue weighted by Crippen LogP contribution is 2.16. The Hall–Kier alpha value is -0.780. The van der Waals surface area contributed by atoms with E-state index in [2.05, 4.69) is 26.2 Å². The minimum atomic E-state index is -4.20. The predicted molar refractivity (Wildman–Crippen MR) is 46.5 cm³/mol. The zero-order valence-corrected chi connectivity index (χ0v) is 7.98. The molecule has 1 heterocycles. The Bertz CT molecular complexity index is 270. The number of aromatic nitrogens is 1. The van der Waals surface area contributed by atoms with Gasteiger partial charge in [-0.2, -0.15) is 13.2 Å². The van der Waals surface area contributed by atoms with Crippen LogP contribution in [0, 0.1) is 0 Å². The monoisotopic (exact) mass is 254 g/mol. The SMILES string of the molecule is FC(F)(F)CNc1ccc(Br)nc1. The van der Waals surface area contributed by atoms with E-state index in [0.29, 0.717) is 10.3 Å². The van der Waals surface area contributed by atoms with Crippen molar-refractivity contribution in [2.24, 2.45) is 0 Å². The number of nitrogens with one attached hydrogen (secondary N) is 1. The fourth-order valence-electron chi connectivity index (χ4n) is 0.683. The third-order valence-electron chi connectivity index (χ3n) is 1.22. The van der Waals surface area contributed by atoms with Gasteiger partial charge in [0.15, 0.2) is 0 Å². The summed E-state index contributed by atoms with van der Waals surface area (Å²) in [5, 5.41) is 2.20. The summed E-state index contributed by atoms with van der Waals surface area (Å²) in [6.45, 7) is -1.05. The Morgan fingerprint density at radius 3 is 2.54 bits per heavy atom. The van der Waals surface area contributed by atoms with E-state index in [9.17, 15) is 13.2 Å². The van der Waals surface area contributed by atoms with Crippen molar-refractivity contribution in [3.63, 3.8) is 0 Å². The van der Waals surface area contributed by atoms with Crippen LogP contribution in [0.25, 0.3) is 0 Å². The maximum absolute atomic E-state index is 11.7. The maximum Gasteiger partial charge on any atom is 0.405 e. The fourth-order valence-corrected chi connectivity index (χ4v) is 0.917. The largest absolute Gasteiger partial charge is 0.405 e. The summed E-state index contributed by atoms with van der Waals surface area (Å²) in [7, 11) is 0. The Morgan fingerprint density at radius 1 is 1.38 bits per heavy atom. The first kappa shape index (κ1) is 10.3. The summed E-state index contributed by atoms with van der Waals surface area (Å²) < 4.78 is 35.8. The van der Waals surface area contributed by atoms with E-state index in [-0.39, 0.29) is 0 Å². The van der Waals surface area contributed by atoms with E-state index >= 15 is 0 Å². The van der Waals surface area contributed by atoms with Crippen LogP contribution in [0.4, 0.5) is 18.9 Å². The van der Waals surface area contributed by atoms with Gasteiger partial charge in [0.05, 0.1) is 11.9 Å². The van der Waals surface area contributed by atoms with Crippen LogP contribution in [-0.4, -0.2) is 17.7 Å². The van der Waals surface area contributed by atoms with Gasteiger partial charge in [0.25, 0.3) is 0 Å².